The molecule has 1 saturated heterocycles. The van der Waals surface area contributed by atoms with Crippen molar-refractivity contribution in [1.82, 2.24) is 4.90 Å². The highest BCUT2D eigenvalue weighted by atomic mass is 16.5. The summed E-state index contributed by atoms with van der Waals surface area (Å²) in [5.41, 5.74) is 6.24. The van der Waals surface area contributed by atoms with Crippen LogP contribution in [0.2, 0.25) is 0 Å². The van der Waals surface area contributed by atoms with E-state index in [4.69, 9.17) is 9.47 Å². The summed E-state index contributed by atoms with van der Waals surface area (Å²) in [6, 6.07) is 14.9. The molecule has 5 heteroatoms. The lowest BCUT2D eigenvalue weighted by atomic mass is 9.74. The van der Waals surface area contributed by atoms with Crippen molar-refractivity contribution < 1.29 is 19.1 Å². The summed E-state index contributed by atoms with van der Waals surface area (Å²) in [4.78, 5) is 27.8. The molecule has 0 spiro atoms. The Balaban J connectivity index is 0.000000568. The van der Waals surface area contributed by atoms with Crippen LogP contribution in [-0.4, -0.2) is 36.0 Å². The lowest BCUT2D eigenvalue weighted by Gasteiger charge is -2.47. The van der Waals surface area contributed by atoms with E-state index in [0.717, 1.165) is 29.7 Å². The first-order chi connectivity index (χ1) is 22.3. The minimum atomic E-state index is -0.480. The van der Waals surface area contributed by atoms with Gasteiger partial charge in [-0.05, 0) is 35.1 Å². The molecule has 2 aromatic carbocycles. The topological polar surface area (TPSA) is 55.8 Å². The molecule has 2 unspecified atom stereocenters. The predicted molar refractivity (Wildman–Crippen MR) is 191 cm³/mol. The summed E-state index contributed by atoms with van der Waals surface area (Å²) in [5.74, 6) is 0.835. The van der Waals surface area contributed by atoms with E-state index in [1.807, 2.05) is 19.9 Å². The second kappa shape index (κ2) is 18.1. The zero-order valence-electron chi connectivity index (χ0n) is 29.9. The van der Waals surface area contributed by atoms with E-state index in [0.29, 0.717) is 11.6 Å². The summed E-state index contributed by atoms with van der Waals surface area (Å²) in [6.07, 6.45) is 12.0. The molecule has 2 aromatic rings. The third kappa shape index (κ3) is 7.78. The molecule has 1 amide bonds. The minimum Gasteiger partial charge on any atom is -0.488 e. The SMILES string of the molecule is C=CCOC(=O)C1=C(COc2cccc3c2-c2ccccc2C3CCCC)[C@H](C)C2[C@@H](C(C)C)C(=O)N12.CC.CCCCCCC. The van der Waals surface area contributed by atoms with E-state index in [2.05, 4.69) is 84.5 Å². The van der Waals surface area contributed by atoms with Gasteiger partial charge in [-0.2, -0.15) is 0 Å². The molecule has 2 heterocycles. The van der Waals surface area contributed by atoms with Crippen molar-refractivity contribution in [3.05, 3.63) is 77.5 Å². The van der Waals surface area contributed by atoms with E-state index in [9.17, 15) is 9.59 Å². The number of carbonyl (C=O) groups is 2. The number of unbranched alkanes of at least 4 members (excludes halogenated alkanes) is 5. The molecule has 0 aromatic heterocycles. The molecule has 252 valence electrons. The van der Waals surface area contributed by atoms with Crippen LogP contribution in [-0.2, 0) is 14.3 Å². The standard InChI is InChI=1S/C32H37NO4.C7H16.C2H6/c1-6-8-12-21-22-13-9-10-14-23(22)28-24(21)15-11-16-26(28)37-18-25-20(5)29-27(19(3)4)31(34)33(29)30(25)32(35)36-17-7-2;1-3-5-7-6-4-2;1-2/h7,9-11,13-16,19-21,27,29H,2,6,8,12,17-18H2,1,3-5H3;3-7H2,1-2H3;1-2H3/t20-,21?,27+,29?;;/m0../s1. The van der Waals surface area contributed by atoms with Crippen LogP contribution < -0.4 is 4.74 Å². The summed E-state index contributed by atoms with van der Waals surface area (Å²) in [7, 11) is 0. The molecule has 0 bridgehead atoms. The van der Waals surface area contributed by atoms with Crippen LogP contribution in [0.25, 0.3) is 11.1 Å². The zero-order valence-corrected chi connectivity index (χ0v) is 29.9. The number of fused-ring (bicyclic) bond motifs is 4. The van der Waals surface area contributed by atoms with E-state index >= 15 is 0 Å². The maximum Gasteiger partial charge on any atom is 0.355 e. The van der Waals surface area contributed by atoms with Crippen LogP contribution >= 0.6 is 0 Å². The fourth-order valence-electron chi connectivity index (χ4n) is 7.21. The van der Waals surface area contributed by atoms with Gasteiger partial charge in [0.05, 0.1) is 12.0 Å². The Labute approximate surface area is 279 Å². The Morgan fingerprint density at radius 3 is 2.22 bits per heavy atom. The Morgan fingerprint density at radius 2 is 1.59 bits per heavy atom. The highest BCUT2D eigenvalue weighted by molar-refractivity contribution is 6.00. The minimum absolute atomic E-state index is 0.000647. The van der Waals surface area contributed by atoms with Gasteiger partial charge in [0.1, 0.15) is 24.7 Å². The number of carbonyl (C=O) groups excluding carboxylic acids is 2. The van der Waals surface area contributed by atoms with E-state index in [-0.39, 0.29) is 42.9 Å². The predicted octanol–water partition coefficient (Wildman–Crippen LogP) is 10.5. The quantitative estimate of drug-likeness (QED) is 0.0903. The van der Waals surface area contributed by atoms with Gasteiger partial charge in [0.2, 0.25) is 5.91 Å². The van der Waals surface area contributed by atoms with E-state index in [1.54, 1.807) is 11.0 Å². The van der Waals surface area contributed by atoms with Gasteiger partial charge in [0.15, 0.2) is 0 Å². The van der Waals surface area contributed by atoms with Gasteiger partial charge in [-0.3, -0.25) is 4.79 Å². The van der Waals surface area contributed by atoms with E-state index in [1.165, 1.54) is 55.2 Å². The van der Waals surface area contributed by atoms with Crippen molar-refractivity contribution in [3.8, 4) is 16.9 Å². The normalized spacial score (nSPS) is 20.5. The molecule has 4 atom stereocenters. The van der Waals surface area contributed by atoms with Gasteiger partial charge in [-0.15, -0.1) is 0 Å². The number of hydrogen-bond acceptors (Lipinski definition) is 4. The molecule has 0 N–H and O–H groups in total. The summed E-state index contributed by atoms with van der Waals surface area (Å²) in [5, 5.41) is 0. The highest BCUT2D eigenvalue weighted by Gasteiger charge is 2.59. The van der Waals surface area contributed by atoms with Gasteiger partial charge in [-0.25, -0.2) is 4.79 Å². The molecule has 1 aliphatic carbocycles. The highest BCUT2D eigenvalue weighted by Crippen LogP contribution is 2.52. The first-order valence-electron chi connectivity index (χ1n) is 18.0. The molecule has 0 radical (unpaired) electrons. The maximum absolute atomic E-state index is 13.1. The first kappa shape index (κ1) is 37.1. The number of benzene rings is 2. The average Bonchev–Trinajstić information content (AvgIpc) is 3.52. The fraction of sp³-hybridized carbons (Fsp3) is 0.561. The van der Waals surface area contributed by atoms with Gasteiger partial charge in [0.25, 0.3) is 0 Å². The number of β-lactam (4-membered cyclic amide) rings is 1. The van der Waals surface area contributed by atoms with Crippen LogP contribution in [0.1, 0.15) is 124 Å². The average molecular weight is 630 g/mol. The lowest BCUT2D eigenvalue weighted by Crippen LogP contribution is -2.62. The molecular weight excluding hydrogens is 570 g/mol. The first-order valence-corrected chi connectivity index (χ1v) is 18.0. The zero-order chi connectivity index (χ0) is 33.8. The van der Waals surface area contributed by atoms with Crippen LogP contribution in [0.5, 0.6) is 5.75 Å². The molecule has 2 aliphatic heterocycles. The smallest absolute Gasteiger partial charge is 0.355 e. The number of nitrogens with zero attached hydrogens (tertiary/aromatic N) is 1. The number of esters is 1. The largest absolute Gasteiger partial charge is 0.488 e. The monoisotopic (exact) mass is 629 g/mol. The summed E-state index contributed by atoms with van der Waals surface area (Å²) in [6.45, 7) is 20.9. The molecule has 0 saturated carbocycles. The lowest BCUT2D eigenvalue weighted by molar-refractivity contribution is -0.160. The van der Waals surface area contributed by atoms with Gasteiger partial charge in [-0.1, -0.05) is 149 Å². The van der Waals surface area contributed by atoms with Crippen LogP contribution in [0.15, 0.2) is 66.4 Å². The summed E-state index contributed by atoms with van der Waals surface area (Å²) < 4.78 is 11.9. The number of amides is 1. The van der Waals surface area contributed by atoms with Crippen molar-refractivity contribution in [2.75, 3.05) is 13.2 Å². The van der Waals surface area contributed by atoms with Gasteiger partial charge in [0, 0.05) is 23.0 Å². The van der Waals surface area contributed by atoms with Crippen LogP contribution in [0.3, 0.4) is 0 Å². The Hall–Kier alpha value is -3.34. The second-order valence-electron chi connectivity index (χ2n) is 12.9. The number of rotatable bonds is 14. The third-order valence-electron chi connectivity index (χ3n) is 9.52. The van der Waals surface area contributed by atoms with Gasteiger partial charge < -0.3 is 14.4 Å². The molecule has 46 heavy (non-hydrogen) atoms. The van der Waals surface area contributed by atoms with Crippen molar-refractivity contribution in [1.29, 1.82) is 0 Å². The molecule has 1 fully saturated rings. The maximum atomic E-state index is 13.1. The molecule has 5 rings (SSSR count). The van der Waals surface area contributed by atoms with Gasteiger partial charge >= 0.3 is 5.97 Å². The Kier molecular flexibility index (Phi) is 14.6. The van der Waals surface area contributed by atoms with Crippen LogP contribution in [0, 0.1) is 17.8 Å². The fourth-order valence-corrected chi connectivity index (χ4v) is 7.21. The molecule has 5 nitrogen and oxygen atoms in total. The van der Waals surface area contributed by atoms with Crippen LogP contribution in [0.4, 0.5) is 0 Å². The third-order valence-corrected chi connectivity index (χ3v) is 9.52. The Morgan fingerprint density at radius 1 is 0.935 bits per heavy atom. The van der Waals surface area contributed by atoms with Crippen molar-refractivity contribution in [2.45, 2.75) is 119 Å². The van der Waals surface area contributed by atoms with Crippen molar-refractivity contribution in [2.24, 2.45) is 17.8 Å². The second-order valence-corrected chi connectivity index (χ2v) is 12.9. The van der Waals surface area contributed by atoms with E-state index < -0.39 is 5.97 Å². The number of hydrogen-bond donors (Lipinski definition) is 0. The Bertz CT molecular complexity index is 1340. The van der Waals surface area contributed by atoms with Crippen molar-refractivity contribution in [3.63, 3.8) is 0 Å². The van der Waals surface area contributed by atoms with Crippen molar-refractivity contribution >= 4 is 11.9 Å². The molecule has 3 aliphatic rings. The molecular formula is C41H59NO4. The summed E-state index contributed by atoms with van der Waals surface area (Å²) >= 11 is 0. The number of ether oxygens (including phenoxy) is 2.